The summed E-state index contributed by atoms with van der Waals surface area (Å²) in [6.45, 7) is 8.84. The number of ether oxygens (including phenoxy) is 1. The van der Waals surface area contributed by atoms with Gasteiger partial charge in [0.1, 0.15) is 16.8 Å². The van der Waals surface area contributed by atoms with Crippen molar-refractivity contribution in [2.24, 2.45) is 5.73 Å². The Balaban J connectivity index is 2.36. The number of pyridine rings is 1. The van der Waals surface area contributed by atoms with E-state index in [1.807, 2.05) is 12.1 Å². The van der Waals surface area contributed by atoms with Gasteiger partial charge in [0.15, 0.2) is 0 Å². The first-order valence-electron chi connectivity index (χ1n) is 6.27. The molecular weight excluding hydrogens is 226 g/mol. The van der Waals surface area contributed by atoms with Crippen LogP contribution in [0.5, 0.6) is 0 Å². The average molecular weight is 245 g/mol. The molecule has 18 heavy (non-hydrogen) atoms. The number of hydrogen-bond acceptors (Lipinski definition) is 3. The molecule has 0 fully saturated rings. The quantitative estimate of drug-likeness (QED) is 0.838. The third-order valence-corrected chi connectivity index (χ3v) is 3.57. The van der Waals surface area contributed by atoms with Gasteiger partial charge in [-0.05, 0) is 39.3 Å². The molecule has 0 aromatic carbocycles. The number of nitrogens with two attached hydrogens (primary N) is 1. The van der Waals surface area contributed by atoms with E-state index in [9.17, 15) is 0 Å². The Hall–Kier alpha value is -1.39. The molecule has 0 saturated carbocycles. The highest BCUT2D eigenvalue weighted by molar-refractivity contribution is 5.49. The van der Waals surface area contributed by atoms with Crippen molar-refractivity contribution in [2.75, 3.05) is 0 Å². The molecule has 0 radical (unpaired) electrons. The topological polar surface area (TPSA) is 52.5 Å². The van der Waals surface area contributed by atoms with E-state index in [0.29, 0.717) is 6.54 Å². The Morgan fingerprint density at radius 1 is 1.22 bits per heavy atom. The molecule has 0 spiro atoms. The van der Waals surface area contributed by atoms with Gasteiger partial charge in [-0.3, -0.25) is 0 Å². The average Bonchev–Trinajstić information content (AvgIpc) is 2.73. The van der Waals surface area contributed by atoms with Crippen molar-refractivity contribution in [3.05, 3.63) is 35.3 Å². The van der Waals surface area contributed by atoms with Gasteiger partial charge in [0.05, 0.1) is 11.4 Å². The van der Waals surface area contributed by atoms with Crippen molar-refractivity contribution in [2.45, 2.75) is 45.4 Å². The summed E-state index contributed by atoms with van der Waals surface area (Å²) in [5.74, 6) is 0. The normalized spacial score (nSPS) is 20.3. The zero-order valence-corrected chi connectivity index (χ0v) is 11.3. The summed E-state index contributed by atoms with van der Waals surface area (Å²) in [6, 6.07) is 4.05. The molecule has 0 atom stereocenters. The molecule has 96 valence electrons. The summed E-state index contributed by atoms with van der Waals surface area (Å²) in [6.07, 6.45) is 2.06. The van der Waals surface area contributed by atoms with Gasteiger partial charge in [-0.1, -0.05) is 6.07 Å². The maximum absolute atomic E-state index is 6.11. The lowest BCUT2D eigenvalue weighted by atomic mass is 10.0. The summed E-state index contributed by atoms with van der Waals surface area (Å²) in [4.78, 5) is 4.71. The summed E-state index contributed by atoms with van der Waals surface area (Å²) >= 11 is 0. The minimum absolute atomic E-state index is 0.328. The highest BCUT2D eigenvalue weighted by Gasteiger charge is 2.47. The lowest BCUT2D eigenvalue weighted by molar-refractivity contribution is -0.108. The molecule has 4 heteroatoms. The van der Waals surface area contributed by atoms with Crippen LogP contribution in [0, 0.1) is 0 Å². The van der Waals surface area contributed by atoms with E-state index in [1.165, 1.54) is 0 Å². The van der Waals surface area contributed by atoms with Gasteiger partial charge in [-0.2, -0.15) is 0 Å². The minimum atomic E-state index is -0.340. The summed E-state index contributed by atoms with van der Waals surface area (Å²) in [5.41, 5.74) is 9.27. The molecule has 2 N–H and O–H groups in total. The molecule has 0 bridgehead atoms. The second-order valence-electron chi connectivity index (χ2n) is 5.90. The standard InChI is InChI=1S/C14H19N3O/c1-13(2)11-12(14(3,4)18-13)17-8-9(7-15)5-6-10(17)16-11/h5-6,8H,7,15H2,1-4H3. The zero-order chi connectivity index (χ0) is 13.1. The number of aromatic nitrogens is 2. The molecule has 1 aliphatic heterocycles. The Morgan fingerprint density at radius 3 is 2.61 bits per heavy atom. The van der Waals surface area contributed by atoms with E-state index in [-0.39, 0.29) is 11.2 Å². The Labute approximate surface area is 107 Å². The molecule has 3 rings (SSSR count). The number of fused-ring (bicyclic) bond motifs is 3. The fourth-order valence-corrected chi connectivity index (χ4v) is 2.94. The van der Waals surface area contributed by atoms with Crippen molar-refractivity contribution in [1.29, 1.82) is 0 Å². The number of imidazole rings is 1. The SMILES string of the molecule is CC1(C)OC(C)(C)c2c1nc1ccc(CN)cn21. The summed E-state index contributed by atoms with van der Waals surface area (Å²) < 4.78 is 8.23. The fraction of sp³-hybridized carbons (Fsp3) is 0.500. The molecule has 0 unspecified atom stereocenters. The van der Waals surface area contributed by atoms with Gasteiger partial charge in [0.25, 0.3) is 0 Å². The molecule has 4 nitrogen and oxygen atoms in total. The number of rotatable bonds is 1. The fourth-order valence-electron chi connectivity index (χ4n) is 2.94. The second-order valence-corrected chi connectivity index (χ2v) is 5.90. The lowest BCUT2D eigenvalue weighted by Gasteiger charge is -2.25. The van der Waals surface area contributed by atoms with Crippen molar-refractivity contribution < 1.29 is 4.74 Å². The van der Waals surface area contributed by atoms with Gasteiger partial charge in [0, 0.05) is 12.7 Å². The zero-order valence-electron chi connectivity index (χ0n) is 11.3. The van der Waals surface area contributed by atoms with Crippen LogP contribution in [0.3, 0.4) is 0 Å². The number of nitrogens with zero attached hydrogens (tertiary/aromatic N) is 2. The molecule has 2 aromatic heterocycles. The molecule has 3 heterocycles. The van der Waals surface area contributed by atoms with E-state index >= 15 is 0 Å². The van der Waals surface area contributed by atoms with E-state index in [0.717, 1.165) is 22.6 Å². The summed E-state index contributed by atoms with van der Waals surface area (Å²) in [7, 11) is 0. The van der Waals surface area contributed by atoms with E-state index < -0.39 is 0 Å². The summed E-state index contributed by atoms with van der Waals surface area (Å²) in [5, 5.41) is 0. The van der Waals surface area contributed by atoms with Crippen molar-refractivity contribution in [1.82, 2.24) is 9.38 Å². The van der Waals surface area contributed by atoms with Crippen LogP contribution in [0.15, 0.2) is 18.3 Å². The van der Waals surface area contributed by atoms with Crippen LogP contribution in [0.25, 0.3) is 5.65 Å². The molecule has 0 aliphatic carbocycles. The van der Waals surface area contributed by atoms with Gasteiger partial charge < -0.3 is 14.9 Å². The molecule has 2 aromatic rings. The van der Waals surface area contributed by atoms with E-state index in [1.54, 1.807) is 0 Å². The van der Waals surface area contributed by atoms with E-state index in [4.69, 9.17) is 15.5 Å². The number of hydrogen-bond donors (Lipinski definition) is 1. The monoisotopic (exact) mass is 245 g/mol. The van der Waals surface area contributed by atoms with Gasteiger partial charge in [-0.25, -0.2) is 4.98 Å². The lowest BCUT2D eigenvalue weighted by Crippen LogP contribution is -2.24. The first-order chi connectivity index (χ1) is 8.35. The third kappa shape index (κ3) is 1.42. The molecule has 0 saturated heterocycles. The van der Waals surface area contributed by atoms with Gasteiger partial charge in [0.2, 0.25) is 0 Å². The van der Waals surface area contributed by atoms with Crippen LogP contribution in [0.1, 0.15) is 44.6 Å². The first kappa shape index (κ1) is 11.7. The van der Waals surface area contributed by atoms with Gasteiger partial charge >= 0.3 is 0 Å². The first-order valence-corrected chi connectivity index (χ1v) is 6.27. The van der Waals surface area contributed by atoms with Crippen molar-refractivity contribution >= 4 is 5.65 Å². The van der Waals surface area contributed by atoms with E-state index in [2.05, 4.69) is 38.3 Å². The van der Waals surface area contributed by atoms with Gasteiger partial charge in [-0.15, -0.1) is 0 Å². The van der Waals surface area contributed by atoms with Crippen LogP contribution in [0.2, 0.25) is 0 Å². The molecule has 0 amide bonds. The van der Waals surface area contributed by atoms with Crippen LogP contribution >= 0.6 is 0 Å². The predicted octanol–water partition coefficient (Wildman–Crippen LogP) is 2.29. The third-order valence-electron chi connectivity index (χ3n) is 3.57. The van der Waals surface area contributed by atoms with Crippen LogP contribution < -0.4 is 5.73 Å². The van der Waals surface area contributed by atoms with Crippen LogP contribution in [0.4, 0.5) is 0 Å². The minimum Gasteiger partial charge on any atom is -0.357 e. The second kappa shape index (κ2) is 3.33. The Bertz CT molecular complexity index is 625. The molecular formula is C14H19N3O. The predicted molar refractivity (Wildman–Crippen MR) is 70.2 cm³/mol. The maximum atomic E-state index is 6.11. The largest absolute Gasteiger partial charge is 0.357 e. The Morgan fingerprint density at radius 2 is 1.94 bits per heavy atom. The smallest absolute Gasteiger partial charge is 0.137 e. The maximum Gasteiger partial charge on any atom is 0.137 e. The van der Waals surface area contributed by atoms with Crippen molar-refractivity contribution in [3.8, 4) is 0 Å². The van der Waals surface area contributed by atoms with Crippen molar-refractivity contribution in [3.63, 3.8) is 0 Å². The van der Waals surface area contributed by atoms with Crippen LogP contribution in [-0.4, -0.2) is 9.38 Å². The Kier molecular flexibility index (Phi) is 2.17. The highest BCUT2D eigenvalue weighted by Crippen LogP contribution is 2.46. The highest BCUT2D eigenvalue weighted by atomic mass is 16.5. The van der Waals surface area contributed by atoms with Crippen LogP contribution in [-0.2, 0) is 22.5 Å². The molecule has 1 aliphatic rings.